The quantitative estimate of drug-likeness (QED) is 0.403. The minimum absolute atomic E-state index is 0.165. The zero-order valence-corrected chi connectivity index (χ0v) is 18.3. The number of aryl methyl sites for hydroxylation is 2. The monoisotopic (exact) mass is 420 g/mol. The van der Waals surface area contributed by atoms with Gasteiger partial charge in [0.2, 0.25) is 0 Å². The normalized spacial score (nSPS) is 15.9. The summed E-state index contributed by atoms with van der Waals surface area (Å²) in [6.45, 7) is 5.33. The lowest BCUT2D eigenvalue weighted by atomic mass is 9.65. The summed E-state index contributed by atoms with van der Waals surface area (Å²) in [6, 6.07) is 8.26. The Morgan fingerprint density at radius 3 is 1.82 bits per heavy atom. The van der Waals surface area contributed by atoms with Crippen LogP contribution >= 0.6 is 23.2 Å². The molecule has 28 heavy (non-hydrogen) atoms. The van der Waals surface area contributed by atoms with Crippen molar-refractivity contribution >= 4 is 29.2 Å². The molecule has 5 heteroatoms. The zero-order valence-electron chi connectivity index (χ0n) is 16.8. The average Bonchev–Trinajstić information content (AvgIpc) is 2.64. The van der Waals surface area contributed by atoms with Crippen LogP contribution in [0, 0.1) is 13.8 Å². The van der Waals surface area contributed by atoms with Gasteiger partial charge in [-0.05, 0) is 61.1 Å². The Morgan fingerprint density at radius 2 is 1.39 bits per heavy atom. The molecular formula is C23H26Cl2O3. The Labute approximate surface area is 176 Å². The van der Waals surface area contributed by atoms with Gasteiger partial charge in [0.15, 0.2) is 5.75 Å². The van der Waals surface area contributed by atoms with E-state index in [1.54, 1.807) is 7.11 Å². The lowest BCUT2D eigenvalue weighted by Gasteiger charge is -2.39. The van der Waals surface area contributed by atoms with E-state index in [0.717, 1.165) is 48.1 Å². The number of ether oxygens (including phenoxy) is 2. The fraction of sp³-hybridized carbons (Fsp3) is 0.435. The zero-order chi connectivity index (χ0) is 20.5. The van der Waals surface area contributed by atoms with Crippen LogP contribution < -0.4 is 9.47 Å². The molecule has 3 rings (SSSR count). The number of halogens is 2. The molecule has 1 saturated carbocycles. The predicted molar refractivity (Wildman–Crippen MR) is 114 cm³/mol. The van der Waals surface area contributed by atoms with Gasteiger partial charge in [-0.1, -0.05) is 54.6 Å². The van der Waals surface area contributed by atoms with Gasteiger partial charge < -0.3 is 9.47 Å². The molecule has 0 spiro atoms. The number of methoxy groups -OCH3 is 1. The van der Waals surface area contributed by atoms with E-state index in [1.807, 2.05) is 26.0 Å². The minimum Gasteiger partial charge on any atom is -0.495 e. The van der Waals surface area contributed by atoms with Gasteiger partial charge in [0.1, 0.15) is 5.75 Å². The van der Waals surface area contributed by atoms with Gasteiger partial charge in [-0.3, -0.25) is 4.79 Å². The molecule has 0 amide bonds. The van der Waals surface area contributed by atoms with Crippen LogP contribution in [0.5, 0.6) is 11.5 Å². The number of hydrogen-bond acceptors (Lipinski definition) is 3. The second kappa shape index (κ2) is 8.34. The van der Waals surface area contributed by atoms with Crippen LogP contribution in [0.15, 0.2) is 24.3 Å². The first-order valence-corrected chi connectivity index (χ1v) is 10.4. The highest BCUT2D eigenvalue weighted by Gasteiger charge is 2.37. The summed E-state index contributed by atoms with van der Waals surface area (Å²) in [6.07, 6.45) is 5.56. The Kier molecular flexibility index (Phi) is 6.26. The lowest BCUT2D eigenvalue weighted by Crippen LogP contribution is -2.31. The van der Waals surface area contributed by atoms with Gasteiger partial charge in [0.05, 0.1) is 17.2 Å². The molecule has 0 heterocycles. The maximum absolute atomic E-state index is 11.4. The number of carbonyl (C=O) groups is 1. The molecule has 1 aliphatic rings. The van der Waals surface area contributed by atoms with Crippen LogP contribution in [0.1, 0.15) is 61.3 Å². The first-order chi connectivity index (χ1) is 13.3. The molecule has 150 valence electrons. The van der Waals surface area contributed by atoms with Crippen LogP contribution in [0.4, 0.5) is 0 Å². The van der Waals surface area contributed by atoms with Crippen molar-refractivity contribution in [1.82, 2.24) is 0 Å². The number of esters is 1. The van der Waals surface area contributed by atoms with Crippen LogP contribution in [0.2, 0.25) is 10.0 Å². The van der Waals surface area contributed by atoms with Crippen molar-refractivity contribution in [2.75, 3.05) is 7.11 Å². The van der Waals surface area contributed by atoms with E-state index in [-0.39, 0.29) is 11.4 Å². The van der Waals surface area contributed by atoms with Crippen molar-refractivity contribution in [3.05, 3.63) is 56.6 Å². The fourth-order valence-corrected chi connectivity index (χ4v) is 5.09. The Hall–Kier alpha value is -1.71. The Bertz CT molecular complexity index is 853. The molecule has 0 radical (unpaired) electrons. The van der Waals surface area contributed by atoms with E-state index in [9.17, 15) is 4.79 Å². The molecule has 1 aliphatic carbocycles. The first-order valence-electron chi connectivity index (χ1n) is 9.62. The summed E-state index contributed by atoms with van der Waals surface area (Å²) >= 11 is 13.1. The predicted octanol–water partition coefficient (Wildman–Crippen LogP) is 6.79. The van der Waals surface area contributed by atoms with Gasteiger partial charge in [0.25, 0.3) is 0 Å². The minimum atomic E-state index is -0.373. The maximum atomic E-state index is 11.4. The van der Waals surface area contributed by atoms with E-state index in [0.29, 0.717) is 15.8 Å². The van der Waals surface area contributed by atoms with Gasteiger partial charge in [-0.25, -0.2) is 0 Å². The lowest BCUT2D eigenvalue weighted by molar-refractivity contribution is -0.131. The van der Waals surface area contributed by atoms with Gasteiger partial charge in [0, 0.05) is 12.3 Å². The van der Waals surface area contributed by atoms with Crippen LogP contribution in [-0.4, -0.2) is 13.1 Å². The van der Waals surface area contributed by atoms with Crippen LogP contribution in [0.25, 0.3) is 0 Å². The standard InChI is InChI=1S/C23H26Cl2O3/c1-14-10-17(12-19(24)21(14)27-4)23(8-6-5-7-9-23)18-11-15(2)22(20(25)13-18)28-16(3)26/h10-13H,5-9H2,1-4H3. The molecular weight excluding hydrogens is 395 g/mol. The van der Waals surface area contributed by atoms with Gasteiger partial charge in [-0.2, -0.15) is 0 Å². The van der Waals surface area contributed by atoms with Gasteiger partial charge >= 0.3 is 5.97 Å². The second-order valence-electron chi connectivity index (χ2n) is 7.65. The third kappa shape index (κ3) is 3.88. The first kappa shape index (κ1) is 21.0. The van der Waals surface area contributed by atoms with E-state index in [1.165, 1.54) is 18.9 Å². The number of carbonyl (C=O) groups excluding carboxylic acids is 1. The summed E-state index contributed by atoms with van der Waals surface area (Å²) in [5.74, 6) is 0.784. The molecule has 3 nitrogen and oxygen atoms in total. The highest BCUT2D eigenvalue weighted by molar-refractivity contribution is 6.32. The van der Waals surface area contributed by atoms with Crippen molar-refractivity contribution in [2.45, 2.75) is 58.3 Å². The molecule has 0 N–H and O–H groups in total. The largest absolute Gasteiger partial charge is 0.495 e. The Morgan fingerprint density at radius 1 is 0.893 bits per heavy atom. The topological polar surface area (TPSA) is 35.5 Å². The van der Waals surface area contributed by atoms with Gasteiger partial charge in [-0.15, -0.1) is 0 Å². The molecule has 0 unspecified atom stereocenters. The number of rotatable bonds is 4. The van der Waals surface area contributed by atoms with Crippen LogP contribution in [-0.2, 0) is 10.2 Å². The van der Waals surface area contributed by atoms with E-state index in [4.69, 9.17) is 32.7 Å². The molecule has 0 aromatic heterocycles. The third-order valence-electron chi connectivity index (χ3n) is 5.72. The molecule has 1 fully saturated rings. The van der Waals surface area contributed by atoms with Crippen LogP contribution in [0.3, 0.4) is 0 Å². The molecule has 0 atom stereocenters. The summed E-state index contributed by atoms with van der Waals surface area (Å²) in [5.41, 5.74) is 4.05. The highest BCUT2D eigenvalue weighted by atomic mass is 35.5. The van der Waals surface area contributed by atoms with Crippen molar-refractivity contribution in [3.8, 4) is 11.5 Å². The number of benzene rings is 2. The van der Waals surface area contributed by atoms with Crippen molar-refractivity contribution in [2.24, 2.45) is 0 Å². The highest BCUT2D eigenvalue weighted by Crippen LogP contribution is 2.48. The molecule has 0 bridgehead atoms. The second-order valence-corrected chi connectivity index (χ2v) is 8.46. The maximum Gasteiger partial charge on any atom is 0.308 e. The summed E-state index contributed by atoms with van der Waals surface area (Å²) in [7, 11) is 1.64. The smallest absolute Gasteiger partial charge is 0.308 e. The molecule has 2 aromatic rings. The van der Waals surface area contributed by atoms with Crippen molar-refractivity contribution < 1.29 is 14.3 Å². The number of hydrogen-bond donors (Lipinski definition) is 0. The molecule has 2 aromatic carbocycles. The average molecular weight is 421 g/mol. The summed E-state index contributed by atoms with van der Waals surface area (Å²) in [4.78, 5) is 11.4. The third-order valence-corrected chi connectivity index (χ3v) is 6.28. The SMILES string of the molecule is COc1c(C)cc(C2(c3cc(C)c(OC(C)=O)c(Cl)c3)CCCCC2)cc1Cl. The Balaban J connectivity index is 2.17. The van der Waals surface area contributed by atoms with E-state index < -0.39 is 0 Å². The van der Waals surface area contributed by atoms with Crippen molar-refractivity contribution in [3.63, 3.8) is 0 Å². The van der Waals surface area contributed by atoms with E-state index >= 15 is 0 Å². The molecule has 0 aliphatic heterocycles. The summed E-state index contributed by atoms with van der Waals surface area (Å²) in [5, 5.41) is 1.09. The van der Waals surface area contributed by atoms with E-state index in [2.05, 4.69) is 12.1 Å². The summed E-state index contributed by atoms with van der Waals surface area (Å²) < 4.78 is 10.8. The fourth-order valence-electron chi connectivity index (χ4n) is 4.45. The molecule has 0 saturated heterocycles. The van der Waals surface area contributed by atoms with Crippen molar-refractivity contribution in [1.29, 1.82) is 0 Å².